The maximum atomic E-state index is 12.8. The molecule has 1 amide bonds. The molecular weight excluding hydrogens is 286 g/mol. The van der Waals surface area contributed by atoms with Crippen LogP contribution in [0, 0.1) is 23.7 Å². The Labute approximate surface area is 129 Å². The number of fused-ring (bicyclic) bond motifs is 2. The third kappa shape index (κ3) is 2.47. The lowest BCUT2D eigenvalue weighted by Gasteiger charge is -2.30. The van der Waals surface area contributed by atoms with Gasteiger partial charge in [-0.25, -0.2) is 4.79 Å². The zero-order chi connectivity index (χ0) is 14.6. The van der Waals surface area contributed by atoms with E-state index in [4.69, 9.17) is 0 Å². The van der Waals surface area contributed by atoms with Gasteiger partial charge in [-0.1, -0.05) is 6.42 Å². The van der Waals surface area contributed by atoms with E-state index in [9.17, 15) is 14.7 Å². The minimum atomic E-state index is -0.827. The first-order valence-electron chi connectivity index (χ1n) is 8.29. The molecule has 0 aromatic heterocycles. The Kier molecular flexibility index (Phi) is 3.43. The van der Waals surface area contributed by atoms with Crippen LogP contribution in [0.5, 0.6) is 0 Å². The van der Waals surface area contributed by atoms with Crippen LogP contribution in [0.1, 0.15) is 44.9 Å². The van der Waals surface area contributed by atoms with Crippen molar-refractivity contribution in [1.82, 2.24) is 4.90 Å². The van der Waals surface area contributed by atoms with Gasteiger partial charge in [-0.05, 0) is 55.8 Å². The number of rotatable bonds is 4. The molecule has 0 aromatic carbocycles. The van der Waals surface area contributed by atoms with E-state index in [2.05, 4.69) is 0 Å². The van der Waals surface area contributed by atoms with Crippen LogP contribution < -0.4 is 0 Å². The summed E-state index contributed by atoms with van der Waals surface area (Å²) in [5.41, 5.74) is 0. The summed E-state index contributed by atoms with van der Waals surface area (Å²) in [5.74, 6) is 2.50. The number of carbonyl (C=O) groups is 2. The van der Waals surface area contributed by atoms with Crippen LogP contribution in [0.4, 0.5) is 0 Å². The summed E-state index contributed by atoms with van der Waals surface area (Å²) in [6, 6.07) is -0.591. The van der Waals surface area contributed by atoms with Gasteiger partial charge < -0.3 is 10.0 Å². The van der Waals surface area contributed by atoms with Gasteiger partial charge in [0, 0.05) is 12.2 Å². The summed E-state index contributed by atoms with van der Waals surface area (Å²) in [6.07, 6.45) is 8.03. The quantitative estimate of drug-likeness (QED) is 0.867. The number of aliphatic carboxylic acids is 1. The average Bonchev–Trinajstić information content (AvgIpc) is 2.89. The number of hydrogen-bond acceptors (Lipinski definition) is 3. The molecule has 116 valence electrons. The molecule has 3 saturated carbocycles. The summed E-state index contributed by atoms with van der Waals surface area (Å²) in [4.78, 5) is 26.0. The van der Waals surface area contributed by atoms with E-state index >= 15 is 0 Å². The molecule has 1 aliphatic heterocycles. The van der Waals surface area contributed by atoms with Crippen LogP contribution in [0.25, 0.3) is 0 Å². The first-order chi connectivity index (χ1) is 10.1. The fourth-order valence-corrected chi connectivity index (χ4v) is 6.39. The number of carboxylic acid groups (broad SMARTS) is 1. The fraction of sp³-hybridized carbons (Fsp3) is 0.875. The normalized spacial score (nSPS) is 41.7. The topological polar surface area (TPSA) is 57.6 Å². The van der Waals surface area contributed by atoms with Crippen molar-refractivity contribution >= 4 is 23.6 Å². The van der Waals surface area contributed by atoms with Gasteiger partial charge in [0.05, 0.1) is 5.37 Å². The van der Waals surface area contributed by atoms with Crippen molar-refractivity contribution in [1.29, 1.82) is 0 Å². The van der Waals surface area contributed by atoms with Crippen LogP contribution in [0.2, 0.25) is 0 Å². The van der Waals surface area contributed by atoms with Gasteiger partial charge in [-0.2, -0.15) is 0 Å². The van der Waals surface area contributed by atoms with Crippen LogP contribution >= 0.6 is 11.8 Å². The Bertz CT molecular complexity index is 464. The molecule has 1 saturated heterocycles. The smallest absolute Gasteiger partial charge is 0.327 e. The van der Waals surface area contributed by atoms with Crippen molar-refractivity contribution in [3.8, 4) is 0 Å². The number of nitrogens with zero attached hydrogens (tertiary/aromatic N) is 1. The molecule has 4 fully saturated rings. The number of hydrogen-bond donors (Lipinski definition) is 1. The predicted octanol–water partition coefficient (Wildman–Crippen LogP) is 2.58. The van der Waals surface area contributed by atoms with Crippen molar-refractivity contribution in [2.75, 3.05) is 5.75 Å². The molecule has 5 unspecified atom stereocenters. The second kappa shape index (κ2) is 5.18. The third-order valence-corrected chi connectivity index (χ3v) is 7.42. The molecule has 0 aromatic rings. The first kappa shape index (κ1) is 13.9. The minimum Gasteiger partial charge on any atom is -0.480 e. The van der Waals surface area contributed by atoms with Gasteiger partial charge in [0.25, 0.3) is 0 Å². The first-order valence-corrected chi connectivity index (χ1v) is 9.34. The average molecular weight is 309 g/mol. The van der Waals surface area contributed by atoms with E-state index in [0.29, 0.717) is 24.0 Å². The molecule has 0 radical (unpaired) electrons. The summed E-state index contributed by atoms with van der Waals surface area (Å²) in [6.45, 7) is 0. The highest BCUT2D eigenvalue weighted by molar-refractivity contribution is 8.00. The predicted molar refractivity (Wildman–Crippen MR) is 80.8 cm³/mol. The molecule has 4 aliphatic rings. The maximum absolute atomic E-state index is 12.8. The Morgan fingerprint density at radius 3 is 2.43 bits per heavy atom. The molecule has 2 bridgehead atoms. The fourth-order valence-electron chi connectivity index (χ4n) is 4.73. The summed E-state index contributed by atoms with van der Waals surface area (Å²) in [7, 11) is 0. The van der Waals surface area contributed by atoms with Crippen molar-refractivity contribution in [2.24, 2.45) is 23.7 Å². The maximum Gasteiger partial charge on any atom is 0.327 e. The highest BCUT2D eigenvalue weighted by Crippen LogP contribution is 2.51. The standard InChI is InChI=1S/C16H23NO3S/c18-14(7-12-6-9-1-2-11(12)5-9)17-13(16(19)20)8-21-15(17)10-3-4-10/h9-13,15H,1-8H2,(H,19,20). The zero-order valence-electron chi connectivity index (χ0n) is 12.2. The van der Waals surface area contributed by atoms with Crippen LogP contribution in [0.3, 0.4) is 0 Å². The van der Waals surface area contributed by atoms with Crippen molar-refractivity contribution < 1.29 is 14.7 Å². The van der Waals surface area contributed by atoms with Crippen molar-refractivity contribution in [3.63, 3.8) is 0 Å². The lowest BCUT2D eigenvalue weighted by Crippen LogP contribution is -2.47. The Hall–Kier alpha value is -0.710. The minimum absolute atomic E-state index is 0.113. The number of thioether (sulfide) groups is 1. The summed E-state index contributed by atoms with van der Waals surface area (Å²) < 4.78 is 0. The van der Waals surface area contributed by atoms with Gasteiger partial charge >= 0.3 is 5.97 Å². The molecule has 3 aliphatic carbocycles. The molecule has 4 rings (SSSR count). The Morgan fingerprint density at radius 1 is 1.10 bits per heavy atom. The highest BCUT2D eigenvalue weighted by atomic mass is 32.2. The van der Waals surface area contributed by atoms with Crippen molar-refractivity contribution in [3.05, 3.63) is 0 Å². The lowest BCUT2D eigenvalue weighted by atomic mass is 9.86. The van der Waals surface area contributed by atoms with Gasteiger partial charge in [0.1, 0.15) is 6.04 Å². The number of carbonyl (C=O) groups excluding carboxylic acids is 1. The third-order valence-electron chi connectivity index (χ3n) is 5.95. The SMILES string of the molecule is O=C(O)C1CSC(C2CC2)N1C(=O)CC1CC2CCC1C2. The number of carboxylic acids is 1. The summed E-state index contributed by atoms with van der Waals surface area (Å²) >= 11 is 1.68. The van der Waals surface area contributed by atoms with Gasteiger partial charge in [-0.15, -0.1) is 11.8 Å². The Balaban J connectivity index is 1.46. The second-order valence-electron chi connectivity index (χ2n) is 7.36. The monoisotopic (exact) mass is 309 g/mol. The molecule has 1 N–H and O–H groups in total. The molecule has 21 heavy (non-hydrogen) atoms. The Morgan fingerprint density at radius 2 is 1.86 bits per heavy atom. The van der Waals surface area contributed by atoms with Gasteiger partial charge in [0.2, 0.25) is 5.91 Å². The molecule has 1 heterocycles. The highest BCUT2D eigenvalue weighted by Gasteiger charge is 2.49. The second-order valence-corrected chi connectivity index (χ2v) is 8.51. The molecule has 0 spiro atoms. The van der Waals surface area contributed by atoms with E-state index in [1.165, 1.54) is 25.7 Å². The van der Waals surface area contributed by atoms with E-state index in [1.807, 2.05) is 0 Å². The van der Waals surface area contributed by atoms with Crippen LogP contribution in [0.15, 0.2) is 0 Å². The van der Waals surface area contributed by atoms with Crippen molar-refractivity contribution in [2.45, 2.75) is 56.4 Å². The van der Waals surface area contributed by atoms with E-state index < -0.39 is 12.0 Å². The molecule has 5 heteroatoms. The van der Waals surface area contributed by atoms with Crippen LogP contribution in [-0.2, 0) is 9.59 Å². The lowest BCUT2D eigenvalue weighted by molar-refractivity contribution is -0.149. The largest absolute Gasteiger partial charge is 0.480 e. The van der Waals surface area contributed by atoms with Gasteiger partial charge in [0.15, 0.2) is 0 Å². The molecule has 5 atom stereocenters. The van der Waals surface area contributed by atoms with Gasteiger partial charge in [-0.3, -0.25) is 4.79 Å². The zero-order valence-corrected chi connectivity index (χ0v) is 13.1. The van der Waals surface area contributed by atoms with E-state index in [0.717, 1.165) is 24.7 Å². The molecule has 4 nitrogen and oxygen atoms in total. The summed E-state index contributed by atoms with van der Waals surface area (Å²) in [5, 5.41) is 9.55. The van der Waals surface area contributed by atoms with E-state index in [-0.39, 0.29) is 11.3 Å². The van der Waals surface area contributed by atoms with Crippen LogP contribution in [-0.4, -0.2) is 39.1 Å². The molecular formula is C16H23NO3S. The number of amides is 1. The van der Waals surface area contributed by atoms with E-state index in [1.54, 1.807) is 16.7 Å².